The normalized spacial score (nSPS) is 10.8. The predicted octanol–water partition coefficient (Wildman–Crippen LogP) is 2.68. The molecule has 4 rings (SSSR count). The molecule has 0 aliphatic heterocycles. The summed E-state index contributed by atoms with van der Waals surface area (Å²) in [6.07, 6.45) is 7.64. The summed E-state index contributed by atoms with van der Waals surface area (Å²) in [5.41, 5.74) is 2.59. The lowest BCUT2D eigenvalue weighted by Crippen LogP contribution is -2.10. The minimum Gasteiger partial charge on any atom is -0.395 e. The van der Waals surface area contributed by atoms with Crippen LogP contribution in [0.5, 0.6) is 0 Å². The molecule has 0 atom stereocenters. The number of aromatic nitrogens is 6. The number of rotatable bonds is 8. The first-order valence-electron chi connectivity index (χ1n) is 9.84. The van der Waals surface area contributed by atoms with Gasteiger partial charge in [0.25, 0.3) is 0 Å². The zero-order chi connectivity index (χ0) is 22.5. The molecule has 3 heterocycles. The van der Waals surface area contributed by atoms with Gasteiger partial charge in [-0.15, -0.1) is 0 Å². The highest BCUT2D eigenvalue weighted by molar-refractivity contribution is 5.77. The molecular weight excluding hydrogens is 415 g/mol. The number of imidazole rings is 1. The Labute approximate surface area is 182 Å². The summed E-state index contributed by atoms with van der Waals surface area (Å²) in [4.78, 5) is 23.7. The van der Waals surface area contributed by atoms with Crippen LogP contribution in [0.4, 0.5) is 22.1 Å². The van der Waals surface area contributed by atoms with Crippen LogP contribution in [0.1, 0.15) is 17.3 Å². The SMILES string of the molecule is CC(=O)n1cc(-c2cccc(CNc3nc(Nc4nccn4CCO)ncc3F)c2)cn1. The molecule has 0 radical (unpaired) electrons. The molecule has 10 nitrogen and oxygen atoms in total. The maximum absolute atomic E-state index is 14.3. The molecule has 4 aromatic rings. The third-order valence-corrected chi connectivity index (χ3v) is 4.65. The molecule has 0 saturated heterocycles. The summed E-state index contributed by atoms with van der Waals surface area (Å²) in [6, 6.07) is 7.61. The zero-order valence-electron chi connectivity index (χ0n) is 17.2. The van der Waals surface area contributed by atoms with Crippen molar-refractivity contribution < 1.29 is 14.3 Å². The van der Waals surface area contributed by atoms with Crippen molar-refractivity contribution in [3.63, 3.8) is 0 Å². The highest BCUT2D eigenvalue weighted by Crippen LogP contribution is 2.21. The van der Waals surface area contributed by atoms with Crippen LogP contribution in [0, 0.1) is 5.82 Å². The zero-order valence-corrected chi connectivity index (χ0v) is 17.2. The number of aliphatic hydroxyl groups is 1. The van der Waals surface area contributed by atoms with Crippen LogP contribution in [0.2, 0.25) is 0 Å². The molecule has 0 amide bonds. The minimum absolute atomic E-state index is 0.0394. The minimum atomic E-state index is -0.590. The summed E-state index contributed by atoms with van der Waals surface area (Å²) in [6.45, 7) is 2.07. The summed E-state index contributed by atoms with van der Waals surface area (Å²) >= 11 is 0. The largest absolute Gasteiger partial charge is 0.395 e. The van der Waals surface area contributed by atoms with E-state index in [1.54, 1.807) is 29.4 Å². The summed E-state index contributed by atoms with van der Waals surface area (Å²) < 4.78 is 17.2. The van der Waals surface area contributed by atoms with E-state index in [1.165, 1.54) is 11.6 Å². The monoisotopic (exact) mass is 436 g/mol. The second-order valence-electron chi connectivity index (χ2n) is 6.93. The number of nitrogens with one attached hydrogen (secondary N) is 2. The van der Waals surface area contributed by atoms with E-state index in [4.69, 9.17) is 5.11 Å². The van der Waals surface area contributed by atoms with Crippen molar-refractivity contribution in [3.05, 3.63) is 66.6 Å². The van der Waals surface area contributed by atoms with Gasteiger partial charge in [0.05, 0.1) is 19.0 Å². The number of nitrogens with zero attached hydrogens (tertiary/aromatic N) is 6. The Bertz CT molecular complexity index is 1240. The van der Waals surface area contributed by atoms with Gasteiger partial charge in [-0.25, -0.2) is 19.0 Å². The van der Waals surface area contributed by atoms with E-state index >= 15 is 0 Å². The molecule has 0 bridgehead atoms. The quantitative estimate of drug-likeness (QED) is 0.385. The van der Waals surface area contributed by atoms with Crippen molar-refractivity contribution in [2.45, 2.75) is 20.0 Å². The number of benzene rings is 1. The van der Waals surface area contributed by atoms with Gasteiger partial charge < -0.3 is 15.0 Å². The van der Waals surface area contributed by atoms with Gasteiger partial charge in [-0.3, -0.25) is 10.1 Å². The third-order valence-electron chi connectivity index (χ3n) is 4.65. The molecule has 3 N–H and O–H groups in total. The van der Waals surface area contributed by atoms with Crippen LogP contribution in [0.15, 0.2) is 55.2 Å². The summed E-state index contributed by atoms with van der Waals surface area (Å²) in [5, 5.41) is 19.1. The van der Waals surface area contributed by atoms with Crippen LogP contribution in [0.3, 0.4) is 0 Å². The van der Waals surface area contributed by atoms with E-state index in [-0.39, 0.29) is 24.3 Å². The molecule has 3 aromatic heterocycles. The molecule has 32 heavy (non-hydrogen) atoms. The van der Waals surface area contributed by atoms with Crippen LogP contribution < -0.4 is 10.6 Å². The number of hydrogen-bond acceptors (Lipinski definition) is 8. The molecule has 0 aliphatic carbocycles. The Morgan fingerprint density at radius 2 is 2.09 bits per heavy atom. The highest BCUT2D eigenvalue weighted by atomic mass is 19.1. The van der Waals surface area contributed by atoms with Gasteiger partial charge in [-0.1, -0.05) is 18.2 Å². The molecule has 0 fully saturated rings. The van der Waals surface area contributed by atoms with Crippen molar-refractivity contribution in [1.29, 1.82) is 0 Å². The Hall–Kier alpha value is -4.12. The fourth-order valence-electron chi connectivity index (χ4n) is 3.06. The number of halogens is 1. The third kappa shape index (κ3) is 4.78. The fraction of sp³-hybridized carbons (Fsp3) is 0.190. The summed E-state index contributed by atoms with van der Waals surface area (Å²) in [5.74, 6) is -0.109. The highest BCUT2D eigenvalue weighted by Gasteiger charge is 2.10. The van der Waals surface area contributed by atoms with E-state index in [2.05, 4.69) is 30.7 Å². The van der Waals surface area contributed by atoms with Gasteiger partial charge >= 0.3 is 0 Å². The first kappa shape index (κ1) is 21.1. The van der Waals surface area contributed by atoms with E-state index < -0.39 is 5.82 Å². The average molecular weight is 436 g/mol. The Balaban J connectivity index is 1.47. The second kappa shape index (κ2) is 9.35. The van der Waals surface area contributed by atoms with Gasteiger partial charge in [0, 0.05) is 44.2 Å². The van der Waals surface area contributed by atoms with Crippen molar-refractivity contribution in [2.75, 3.05) is 17.2 Å². The first-order valence-corrected chi connectivity index (χ1v) is 9.84. The van der Waals surface area contributed by atoms with E-state index in [0.29, 0.717) is 19.0 Å². The Kier molecular flexibility index (Phi) is 6.17. The first-order chi connectivity index (χ1) is 15.5. The van der Waals surface area contributed by atoms with Gasteiger partial charge in [0.1, 0.15) is 0 Å². The summed E-state index contributed by atoms with van der Waals surface area (Å²) in [7, 11) is 0. The fourth-order valence-corrected chi connectivity index (χ4v) is 3.06. The van der Waals surface area contributed by atoms with Gasteiger partial charge in [-0.05, 0) is 17.2 Å². The average Bonchev–Trinajstić information content (AvgIpc) is 3.45. The lowest BCUT2D eigenvalue weighted by molar-refractivity contribution is 0.0921. The van der Waals surface area contributed by atoms with Crippen LogP contribution in [-0.4, -0.2) is 46.9 Å². The number of hydrogen-bond donors (Lipinski definition) is 3. The molecular formula is C21H21FN8O2. The topological polar surface area (TPSA) is 123 Å². The molecule has 1 aromatic carbocycles. The Morgan fingerprint density at radius 1 is 1.22 bits per heavy atom. The van der Waals surface area contributed by atoms with E-state index in [9.17, 15) is 9.18 Å². The molecule has 0 saturated carbocycles. The molecule has 0 unspecified atom stereocenters. The van der Waals surface area contributed by atoms with Gasteiger partial charge in [-0.2, -0.15) is 10.1 Å². The number of carbonyl (C=O) groups excluding carboxylic acids is 1. The lowest BCUT2D eigenvalue weighted by atomic mass is 10.1. The van der Waals surface area contributed by atoms with Gasteiger partial charge in [0.15, 0.2) is 11.6 Å². The van der Waals surface area contributed by atoms with Crippen molar-refractivity contribution in [3.8, 4) is 11.1 Å². The van der Waals surface area contributed by atoms with Crippen molar-refractivity contribution >= 4 is 23.6 Å². The molecule has 11 heteroatoms. The van der Waals surface area contributed by atoms with Crippen molar-refractivity contribution in [1.82, 2.24) is 29.3 Å². The number of aliphatic hydroxyl groups excluding tert-OH is 1. The number of anilines is 3. The standard InChI is InChI=1S/C21H21FN8O2/c1-14(32)30-13-17(11-26-30)16-4-2-3-15(9-16)10-24-19-18(22)12-25-20(27-19)28-21-23-5-6-29(21)7-8-31/h2-6,9,11-13,31H,7-8,10H2,1H3,(H2,23,24,25,27,28). The van der Waals surface area contributed by atoms with Gasteiger partial charge in [0.2, 0.25) is 17.8 Å². The van der Waals surface area contributed by atoms with Crippen LogP contribution >= 0.6 is 0 Å². The predicted molar refractivity (Wildman–Crippen MR) is 116 cm³/mol. The maximum Gasteiger partial charge on any atom is 0.243 e. The molecule has 0 aliphatic rings. The van der Waals surface area contributed by atoms with E-state index in [1.807, 2.05) is 24.3 Å². The number of carbonyl (C=O) groups is 1. The van der Waals surface area contributed by atoms with E-state index in [0.717, 1.165) is 22.9 Å². The Morgan fingerprint density at radius 3 is 2.88 bits per heavy atom. The molecule has 164 valence electrons. The lowest BCUT2D eigenvalue weighted by Gasteiger charge is -2.11. The van der Waals surface area contributed by atoms with Crippen LogP contribution in [-0.2, 0) is 13.1 Å². The maximum atomic E-state index is 14.3. The second-order valence-corrected chi connectivity index (χ2v) is 6.93. The van der Waals surface area contributed by atoms with Crippen molar-refractivity contribution in [2.24, 2.45) is 0 Å². The molecule has 0 spiro atoms. The smallest absolute Gasteiger partial charge is 0.243 e. The van der Waals surface area contributed by atoms with Crippen LogP contribution in [0.25, 0.3) is 11.1 Å².